The van der Waals surface area contributed by atoms with E-state index in [-0.39, 0.29) is 0 Å². The maximum atomic E-state index is 5.67. The highest BCUT2D eigenvalue weighted by atomic mass is 32.1. The van der Waals surface area contributed by atoms with E-state index in [9.17, 15) is 0 Å². The van der Waals surface area contributed by atoms with Gasteiger partial charge in [-0.05, 0) is 23.6 Å². The van der Waals surface area contributed by atoms with Crippen LogP contribution in [-0.2, 0) is 0 Å². The van der Waals surface area contributed by atoms with Crippen molar-refractivity contribution in [2.75, 3.05) is 5.73 Å². The molecule has 0 radical (unpaired) electrons. The molecule has 0 saturated heterocycles. The summed E-state index contributed by atoms with van der Waals surface area (Å²) in [6.45, 7) is 0. The molecule has 0 fully saturated rings. The Hall–Kier alpha value is -1.68. The Bertz CT molecular complexity index is 434. The molecule has 4 heteroatoms. The van der Waals surface area contributed by atoms with E-state index in [1.54, 1.807) is 0 Å². The quantitative estimate of drug-likeness (QED) is 0.742. The average Bonchev–Trinajstić information content (AvgIpc) is 2.63. The Balaban J connectivity index is 2.20. The zero-order chi connectivity index (χ0) is 9.80. The summed E-state index contributed by atoms with van der Waals surface area (Å²) in [4.78, 5) is 0. The van der Waals surface area contributed by atoms with Gasteiger partial charge in [-0.1, -0.05) is 18.2 Å². The highest BCUT2D eigenvalue weighted by Gasteiger charge is 1.96. The first-order valence-electron chi connectivity index (χ1n) is 4.16. The van der Waals surface area contributed by atoms with Gasteiger partial charge in [0.15, 0.2) is 0 Å². The summed E-state index contributed by atoms with van der Waals surface area (Å²) < 4.78 is 0. The number of nitrogens with zero attached hydrogens (tertiary/aromatic N) is 2. The molecule has 0 aliphatic rings. The molecule has 0 bridgehead atoms. The SMILES string of the molecule is Nc1sccc1N=Nc1ccccc1. The van der Waals surface area contributed by atoms with Crippen molar-refractivity contribution in [3.8, 4) is 0 Å². The smallest absolute Gasteiger partial charge is 0.120 e. The molecule has 0 unspecified atom stereocenters. The maximum absolute atomic E-state index is 5.67. The predicted octanol–water partition coefficient (Wildman–Crippen LogP) is 3.75. The van der Waals surface area contributed by atoms with Gasteiger partial charge >= 0.3 is 0 Å². The third-order valence-electron chi connectivity index (χ3n) is 1.70. The summed E-state index contributed by atoms with van der Waals surface area (Å²) in [5, 5.41) is 10.7. The summed E-state index contributed by atoms with van der Waals surface area (Å²) in [5.41, 5.74) is 7.24. The van der Waals surface area contributed by atoms with E-state index in [0.717, 1.165) is 11.4 Å². The fourth-order valence-electron chi connectivity index (χ4n) is 1.00. The van der Waals surface area contributed by atoms with Crippen LogP contribution in [0.5, 0.6) is 0 Å². The number of rotatable bonds is 2. The monoisotopic (exact) mass is 203 g/mol. The van der Waals surface area contributed by atoms with Gasteiger partial charge in [-0.2, -0.15) is 5.11 Å². The number of anilines is 1. The number of azo groups is 1. The zero-order valence-corrected chi connectivity index (χ0v) is 8.24. The minimum Gasteiger partial charge on any atom is -0.389 e. The first-order chi connectivity index (χ1) is 6.86. The Labute approximate surface area is 85.9 Å². The number of nitrogen functional groups attached to an aromatic ring is 1. The van der Waals surface area contributed by atoms with Crippen LogP contribution in [0, 0.1) is 0 Å². The summed E-state index contributed by atoms with van der Waals surface area (Å²) in [6, 6.07) is 11.4. The van der Waals surface area contributed by atoms with Crippen LogP contribution in [0.2, 0.25) is 0 Å². The second-order valence-corrected chi connectivity index (χ2v) is 3.65. The van der Waals surface area contributed by atoms with E-state index >= 15 is 0 Å². The van der Waals surface area contributed by atoms with Crippen LogP contribution in [0.4, 0.5) is 16.4 Å². The second-order valence-electron chi connectivity index (χ2n) is 2.71. The molecule has 0 atom stereocenters. The molecule has 0 aliphatic carbocycles. The molecule has 1 aromatic carbocycles. The first kappa shape index (κ1) is 8.90. The van der Waals surface area contributed by atoms with E-state index in [2.05, 4.69) is 10.2 Å². The second kappa shape index (κ2) is 4.02. The Morgan fingerprint density at radius 3 is 2.43 bits per heavy atom. The van der Waals surface area contributed by atoms with Crippen molar-refractivity contribution < 1.29 is 0 Å². The van der Waals surface area contributed by atoms with Gasteiger partial charge in [-0.15, -0.1) is 16.5 Å². The number of thiophene rings is 1. The topological polar surface area (TPSA) is 50.7 Å². The molecule has 70 valence electrons. The minimum atomic E-state index is 0.699. The van der Waals surface area contributed by atoms with Crippen molar-refractivity contribution in [1.29, 1.82) is 0 Å². The summed E-state index contributed by atoms with van der Waals surface area (Å²) in [6.07, 6.45) is 0. The number of hydrogen-bond acceptors (Lipinski definition) is 4. The molecule has 0 amide bonds. The highest BCUT2D eigenvalue weighted by molar-refractivity contribution is 7.14. The van der Waals surface area contributed by atoms with Gasteiger partial charge < -0.3 is 5.73 Å². The van der Waals surface area contributed by atoms with E-state index in [1.165, 1.54) is 11.3 Å². The van der Waals surface area contributed by atoms with Gasteiger partial charge in [0.1, 0.15) is 10.7 Å². The lowest BCUT2D eigenvalue weighted by molar-refractivity contribution is 1.24. The van der Waals surface area contributed by atoms with Gasteiger partial charge in [-0.3, -0.25) is 0 Å². The van der Waals surface area contributed by atoms with Crippen LogP contribution in [-0.4, -0.2) is 0 Å². The molecule has 2 aromatic rings. The van der Waals surface area contributed by atoms with Crippen molar-refractivity contribution in [2.24, 2.45) is 10.2 Å². The minimum absolute atomic E-state index is 0.699. The number of benzene rings is 1. The zero-order valence-electron chi connectivity index (χ0n) is 7.42. The standard InChI is InChI=1S/C10H9N3S/c11-10-9(6-7-14-10)13-12-8-4-2-1-3-5-8/h1-7H,11H2. The van der Waals surface area contributed by atoms with Crippen molar-refractivity contribution in [2.45, 2.75) is 0 Å². The molecule has 2 rings (SSSR count). The molecule has 2 N–H and O–H groups in total. The molecule has 1 aromatic heterocycles. The molecular weight excluding hydrogens is 194 g/mol. The van der Waals surface area contributed by atoms with E-state index in [1.807, 2.05) is 41.8 Å². The van der Waals surface area contributed by atoms with Gasteiger partial charge in [-0.25, -0.2) is 0 Å². The van der Waals surface area contributed by atoms with Crippen molar-refractivity contribution in [3.63, 3.8) is 0 Å². The Kier molecular flexibility index (Phi) is 2.55. The van der Waals surface area contributed by atoms with Crippen LogP contribution in [0.15, 0.2) is 52.0 Å². The Morgan fingerprint density at radius 1 is 1.00 bits per heavy atom. The number of nitrogens with two attached hydrogens (primary N) is 1. The number of hydrogen-bond donors (Lipinski definition) is 1. The van der Waals surface area contributed by atoms with E-state index in [4.69, 9.17) is 5.73 Å². The highest BCUT2D eigenvalue weighted by Crippen LogP contribution is 2.29. The third-order valence-corrected chi connectivity index (χ3v) is 2.44. The van der Waals surface area contributed by atoms with Crippen molar-refractivity contribution >= 4 is 27.7 Å². The van der Waals surface area contributed by atoms with Crippen LogP contribution < -0.4 is 5.73 Å². The molecular formula is C10H9N3S. The van der Waals surface area contributed by atoms with Gasteiger partial charge in [0.2, 0.25) is 0 Å². The summed E-state index contributed by atoms with van der Waals surface area (Å²) in [5.74, 6) is 0. The van der Waals surface area contributed by atoms with Gasteiger partial charge in [0, 0.05) is 0 Å². The summed E-state index contributed by atoms with van der Waals surface area (Å²) in [7, 11) is 0. The predicted molar refractivity (Wildman–Crippen MR) is 59.3 cm³/mol. The average molecular weight is 203 g/mol. The van der Waals surface area contributed by atoms with Crippen molar-refractivity contribution in [1.82, 2.24) is 0 Å². The van der Waals surface area contributed by atoms with Gasteiger partial charge in [0.05, 0.1) is 5.69 Å². The Morgan fingerprint density at radius 2 is 1.79 bits per heavy atom. The normalized spacial score (nSPS) is 10.9. The largest absolute Gasteiger partial charge is 0.389 e. The van der Waals surface area contributed by atoms with Crippen LogP contribution in [0.3, 0.4) is 0 Å². The molecule has 0 spiro atoms. The lowest BCUT2D eigenvalue weighted by atomic mass is 10.3. The fraction of sp³-hybridized carbons (Fsp3) is 0. The molecule has 0 saturated carbocycles. The molecule has 1 heterocycles. The molecule has 0 aliphatic heterocycles. The van der Waals surface area contributed by atoms with Crippen molar-refractivity contribution in [3.05, 3.63) is 41.8 Å². The lowest BCUT2D eigenvalue weighted by Crippen LogP contribution is -1.75. The first-order valence-corrected chi connectivity index (χ1v) is 5.04. The fourth-order valence-corrected chi connectivity index (χ4v) is 1.58. The maximum Gasteiger partial charge on any atom is 0.120 e. The molecule has 3 nitrogen and oxygen atoms in total. The van der Waals surface area contributed by atoms with Gasteiger partial charge in [0.25, 0.3) is 0 Å². The van der Waals surface area contributed by atoms with Crippen LogP contribution in [0.25, 0.3) is 0 Å². The molecule has 14 heavy (non-hydrogen) atoms. The summed E-state index contributed by atoms with van der Waals surface area (Å²) >= 11 is 1.46. The van der Waals surface area contributed by atoms with Crippen LogP contribution >= 0.6 is 11.3 Å². The van der Waals surface area contributed by atoms with E-state index < -0.39 is 0 Å². The lowest BCUT2D eigenvalue weighted by Gasteiger charge is -1.90. The van der Waals surface area contributed by atoms with Crippen LogP contribution in [0.1, 0.15) is 0 Å². The van der Waals surface area contributed by atoms with E-state index in [0.29, 0.717) is 5.00 Å². The third kappa shape index (κ3) is 1.97.